The molecular formula is C16H23N3O. The van der Waals surface area contributed by atoms with E-state index in [0.29, 0.717) is 5.92 Å². The molecule has 0 spiro atoms. The maximum atomic E-state index is 5.24. The van der Waals surface area contributed by atoms with Gasteiger partial charge in [0.1, 0.15) is 5.75 Å². The molecule has 1 aromatic heterocycles. The zero-order valence-corrected chi connectivity index (χ0v) is 12.5. The molecule has 0 aliphatic rings. The maximum absolute atomic E-state index is 5.24. The van der Waals surface area contributed by atoms with E-state index in [9.17, 15) is 0 Å². The number of nitrogens with zero attached hydrogens (tertiary/aromatic N) is 2. The Balaban J connectivity index is 1.91. The van der Waals surface area contributed by atoms with Gasteiger partial charge in [-0.05, 0) is 30.2 Å². The highest BCUT2D eigenvalue weighted by Crippen LogP contribution is 2.13. The summed E-state index contributed by atoms with van der Waals surface area (Å²) in [6.45, 7) is 7.06. The summed E-state index contributed by atoms with van der Waals surface area (Å²) in [5, 5.41) is 3.40. The Kier molecular flexibility index (Phi) is 5.18. The lowest BCUT2D eigenvalue weighted by atomic mass is 10.2. The van der Waals surface area contributed by atoms with Crippen LogP contribution in [0.5, 0.6) is 5.75 Å². The second-order valence-electron chi connectivity index (χ2n) is 5.41. The summed E-state index contributed by atoms with van der Waals surface area (Å²) < 4.78 is 7.34. The number of imidazole rings is 1. The molecule has 0 aliphatic carbocycles. The number of benzene rings is 1. The van der Waals surface area contributed by atoms with Crippen LogP contribution in [0.3, 0.4) is 0 Å². The zero-order chi connectivity index (χ0) is 14.4. The minimum absolute atomic E-state index is 0.661. The Labute approximate surface area is 120 Å². The van der Waals surface area contributed by atoms with Crippen LogP contribution in [0.25, 0.3) is 0 Å². The first-order valence-electron chi connectivity index (χ1n) is 7.01. The van der Waals surface area contributed by atoms with Gasteiger partial charge in [0.25, 0.3) is 0 Å². The lowest BCUT2D eigenvalue weighted by Gasteiger charge is -2.06. The summed E-state index contributed by atoms with van der Waals surface area (Å²) in [6, 6.07) is 8.12. The fourth-order valence-corrected chi connectivity index (χ4v) is 2.05. The van der Waals surface area contributed by atoms with Crippen LogP contribution in [-0.4, -0.2) is 23.2 Å². The Morgan fingerprint density at radius 1 is 1.35 bits per heavy atom. The maximum Gasteiger partial charge on any atom is 0.119 e. The lowest BCUT2D eigenvalue weighted by molar-refractivity contribution is 0.414. The molecule has 1 N–H and O–H groups in total. The molecule has 0 saturated heterocycles. The fraction of sp³-hybridized carbons (Fsp3) is 0.438. The molecule has 1 aromatic carbocycles. The molecule has 0 unspecified atom stereocenters. The first-order chi connectivity index (χ1) is 9.67. The third kappa shape index (κ3) is 4.38. The molecule has 2 rings (SSSR count). The summed E-state index contributed by atoms with van der Waals surface area (Å²) in [7, 11) is 1.69. The van der Waals surface area contributed by atoms with Crippen LogP contribution in [0.15, 0.2) is 36.8 Å². The Morgan fingerprint density at radius 2 is 2.20 bits per heavy atom. The molecule has 0 radical (unpaired) electrons. The van der Waals surface area contributed by atoms with E-state index in [4.69, 9.17) is 4.74 Å². The molecule has 0 atom stereocenters. The minimum Gasteiger partial charge on any atom is -0.497 e. The van der Waals surface area contributed by atoms with Crippen LogP contribution in [0, 0.1) is 5.92 Å². The van der Waals surface area contributed by atoms with Crippen LogP contribution >= 0.6 is 0 Å². The lowest BCUT2D eigenvalue weighted by Crippen LogP contribution is -2.19. The summed E-state index contributed by atoms with van der Waals surface area (Å²) in [5.74, 6) is 1.55. The number of methoxy groups -OCH3 is 1. The van der Waals surface area contributed by atoms with Crippen LogP contribution in [0.4, 0.5) is 0 Å². The van der Waals surface area contributed by atoms with E-state index in [1.807, 2.05) is 18.5 Å². The highest BCUT2D eigenvalue weighted by molar-refractivity contribution is 5.28. The monoisotopic (exact) mass is 273 g/mol. The number of hydrogen-bond donors (Lipinski definition) is 1. The van der Waals surface area contributed by atoms with Crippen molar-refractivity contribution in [1.29, 1.82) is 0 Å². The molecule has 0 saturated carbocycles. The van der Waals surface area contributed by atoms with Gasteiger partial charge in [-0.1, -0.05) is 26.0 Å². The van der Waals surface area contributed by atoms with Crippen molar-refractivity contribution >= 4 is 0 Å². The van der Waals surface area contributed by atoms with Crippen molar-refractivity contribution in [3.05, 3.63) is 48.0 Å². The highest BCUT2D eigenvalue weighted by Gasteiger charge is 2.01. The van der Waals surface area contributed by atoms with Crippen molar-refractivity contribution in [2.24, 2.45) is 5.92 Å². The van der Waals surface area contributed by atoms with Crippen LogP contribution in [0.1, 0.15) is 25.1 Å². The predicted molar refractivity (Wildman–Crippen MR) is 80.9 cm³/mol. The molecule has 0 amide bonds. The number of aromatic nitrogens is 2. The van der Waals surface area contributed by atoms with Gasteiger partial charge in [-0.15, -0.1) is 0 Å². The van der Waals surface area contributed by atoms with Crippen molar-refractivity contribution in [2.75, 3.05) is 13.7 Å². The smallest absolute Gasteiger partial charge is 0.119 e. The van der Waals surface area contributed by atoms with Gasteiger partial charge in [0, 0.05) is 19.3 Å². The van der Waals surface area contributed by atoms with E-state index in [1.54, 1.807) is 7.11 Å². The van der Waals surface area contributed by atoms with E-state index >= 15 is 0 Å². The van der Waals surface area contributed by atoms with Crippen molar-refractivity contribution in [1.82, 2.24) is 14.9 Å². The number of ether oxygens (including phenoxy) is 1. The Bertz CT molecular complexity index is 534. The van der Waals surface area contributed by atoms with Gasteiger partial charge >= 0.3 is 0 Å². The molecule has 4 nitrogen and oxygen atoms in total. The summed E-state index contributed by atoms with van der Waals surface area (Å²) >= 11 is 0. The van der Waals surface area contributed by atoms with Gasteiger partial charge < -0.3 is 14.6 Å². The van der Waals surface area contributed by atoms with Crippen molar-refractivity contribution < 1.29 is 4.74 Å². The van der Waals surface area contributed by atoms with Crippen molar-refractivity contribution in [3.8, 4) is 5.75 Å². The Hall–Kier alpha value is -1.81. The third-order valence-electron chi connectivity index (χ3n) is 3.04. The van der Waals surface area contributed by atoms with Gasteiger partial charge in [0.15, 0.2) is 0 Å². The van der Waals surface area contributed by atoms with Crippen molar-refractivity contribution in [3.63, 3.8) is 0 Å². The summed E-state index contributed by atoms with van der Waals surface area (Å²) in [4.78, 5) is 4.42. The fourth-order valence-electron chi connectivity index (χ4n) is 2.05. The Morgan fingerprint density at radius 3 is 2.95 bits per heavy atom. The third-order valence-corrected chi connectivity index (χ3v) is 3.04. The van der Waals surface area contributed by atoms with Gasteiger partial charge in [-0.3, -0.25) is 0 Å². The van der Waals surface area contributed by atoms with E-state index < -0.39 is 0 Å². The van der Waals surface area contributed by atoms with Crippen LogP contribution in [-0.2, 0) is 13.1 Å². The highest BCUT2D eigenvalue weighted by atomic mass is 16.5. The minimum atomic E-state index is 0.661. The van der Waals surface area contributed by atoms with E-state index in [2.05, 4.69) is 47.0 Å². The number of hydrogen-bond acceptors (Lipinski definition) is 3. The zero-order valence-electron chi connectivity index (χ0n) is 12.5. The normalized spacial score (nSPS) is 11.0. The largest absolute Gasteiger partial charge is 0.497 e. The molecule has 4 heteroatoms. The molecule has 1 heterocycles. The molecule has 2 aromatic rings. The average molecular weight is 273 g/mol. The first-order valence-corrected chi connectivity index (χ1v) is 7.01. The van der Waals surface area contributed by atoms with Crippen molar-refractivity contribution in [2.45, 2.75) is 26.9 Å². The van der Waals surface area contributed by atoms with E-state index in [-0.39, 0.29) is 0 Å². The second kappa shape index (κ2) is 7.10. The van der Waals surface area contributed by atoms with Crippen LogP contribution in [0.2, 0.25) is 0 Å². The molecule has 108 valence electrons. The summed E-state index contributed by atoms with van der Waals surface area (Å²) in [6.07, 6.45) is 3.97. The molecule has 0 bridgehead atoms. The topological polar surface area (TPSA) is 39.1 Å². The number of nitrogens with one attached hydrogen (secondary N) is 1. The van der Waals surface area contributed by atoms with Gasteiger partial charge in [-0.2, -0.15) is 0 Å². The second-order valence-corrected chi connectivity index (χ2v) is 5.41. The predicted octanol–water partition coefficient (Wildman–Crippen LogP) is 2.69. The standard InChI is InChI=1S/C16H23N3O/c1-13(2)8-17-9-15-11-19(12-18-15)10-14-5-4-6-16(7-14)20-3/h4-7,11-13,17H,8-10H2,1-3H3. The number of rotatable bonds is 7. The molecule has 20 heavy (non-hydrogen) atoms. The SMILES string of the molecule is COc1cccc(Cn2cnc(CNCC(C)C)c2)c1. The first kappa shape index (κ1) is 14.6. The molecular weight excluding hydrogens is 250 g/mol. The quantitative estimate of drug-likeness (QED) is 0.843. The van der Waals surface area contributed by atoms with Gasteiger partial charge in [0.05, 0.1) is 19.1 Å². The van der Waals surface area contributed by atoms with Crippen LogP contribution < -0.4 is 10.1 Å². The van der Waals surface area contributed by atoms with E-state index in [0.717, 1.165) is 31.1 Å². The molecule has 0 fully saturated rings. The van der Waals surface area contributed by atoms with E-state index in [1.165, 1.54) is 5.56 Å². The van der Waals surface area contributed by atoms with Gasteiger partial charge in [-0.25, -0.2) is 4.98 Å². The average Bonchev–Trinajstić information content (AvgIpc) is 2.86. The molecule has 0 aliphatic heterocycles. The van der Waals surface area contributed by atoms with Gasteiger partial charge in [0.2, 0.25) is 0 Å². The summed E-state index contributed by atoms with van der Waals surface area (Å²) in [5.41, 5.74) is 2.29.